The number of hydrogen-bond donors (Lipinski definition) is 1. The summed E-state index contributed by atoms with van der Waals surface area (Å²) < 4.78 is 5.30. The fraction of sp³-hybridized carbons (Fsp3) is 0.526. The van der Waals surface area contributed by atoms with Crippen LogP contribution in [0.2, 0.25) is 0 Å². The first-order chi connectivity index (χ1) is 10.6. The molecule has 0 spiro atoms. The Morgan fingerprint density at radius 3 is 2.73 bits per heavy atom. The van der Waals surface area contributed by atoms with E-state index in [0.29, 0.717) is 12.5 Å². The van der Waals surface area contributed by atoms with Crippen molar-refractivity contribution in [2.24, 2.45) is 23.7 Å². The lowest BCUT2D eigenvalue weighted by Gasteiger charge is -2.30. The molecule has 22 heavy (non-hydrogen) atoms. The van der Waals surface area contributed by atoms with E-state index >= 15 is 0 Å². The van der Waals surface area contributed by atoms with Crippen LogP contribution < -0.4 is 5.32 Å². The molecule has 0 radical (unpaired) electrons. The van der Waals surface area contributed by atoms with Crippen LogP contribution >= 0.6 is 0 Å². The first-order valence-corrected chi connectivity index (χ1v) is 8.20. The van der Waals surface area contributed by atoms with E-state index in [1.807, 2.05) is 6.07 Å². The van der Waals surface area contributed by atoms with E-state index in [2.05, 4.69) is 50.0 Å². The van der Waals surface area contributed by atoms with Gasteiger partial charge in [-0.25, -0.2) is 0 Å². The number of nitrogens with one attached hydrogen (secondary N) is 1. The van der Waals surface area contributed by atoms with Gasteiger partial charge in [0, 0.05) is 17.9 Å². The minimum atomic E-state index is -0.0377. The summed E-state index contributed by atoms with van der Waals surface area (Å²) in [6, 6.07) is 10.7. The maximum atomic E-state index is 11.9. The number of fused-ring (bicyclic) bond motifs is 1. The van der Waals surface area contributed by atoms with E-state index in [0.717, 1.165) is 13.0 Å². The molecule has 118 valence electrons. The van der Waals surface area contributed by atoms with E-state index in [4.69, 9.17) is 4.74 Å². The lowest BCUT2D eigenvalue weighted by molar-refractivity contribution is -0.141. The third-order valence-electron chi connectivity index (χ3n) is 4.92. The van der Waals surface area contributed by atoms with Crippen molar-refractivity contribution in [1.82, 2.24) is 5.32 Å². The van der Waals surface area contributed by atoms with Gasteiger partial charge in [0.25, 0.3) is 0 Å². The molecule has 1 aliphatic carbocycles. The zero-order valence-corrected chi connectivity index (χ0v) is 13.4. The highest BCUT2D eigenvalue weighted by atomic mass is 16.5. The topological polar surface area (TPSA) is 38.3 Å². The number of esters is 1. The Bertz CT molecular complexity index is 552. The lowest BCUT2D eigenvalue weighted by Crippen LogP contribution is -2.34. The van der Waals surface area contributed by atoms with Crippen LogP contribution in [0.1, 0.15) is 31.9 Å². The van der Waals surface area contributed by atoms with Gasteiger partial charge in [0.1, 0.15) is 0 Å². The van der Waals surface area contributed by atoms with Gasteiger partial charge in [-0.05, 0) is 24.4 Å². The van der Waals surface area contributed by atoms with E-state index in [9.17, 15) is 4.79 Å². The summed E-state index contributed by atoms with van der Waals surface area (Å²) in [7, 11) is 0. The Hall–Kier alpha value is -1.61. The predicted octanol–water partition coefficient (Wildman–Crippen LogP) is 3.34. The summed E-state index contributed by atoms with van der Waals surface area (Å²) in [4.78, 5) is 11.9. The second-order valence-electron chi connectivity index (χ2n) is 6.98. The predicted molar refractivity (Wildman–Crippen MR) is 87.2 cm³/mol. The number of ether oxygens (including phenoxy) is 1. The molecule has 4 atom stereocenters. The standard InChI is InChI=1S/C19H25NO2/c1-12(2)10-20-18(14-7-5-4-6-8-14)17-13(3)9-15-16(17)11-22-19(15)21/h4-8,12,15-18,20H,3,9-11H2,1-2H3. The summed E-state index contributed by atoms with van der Waals surface area (Å²) in [6.07, 6.45) is 0.779. The Morgan fingerprint density at radius 1 is 1.32 bits per heavy atom. The minimum absolute atomic E-state index is 0.0181. The van der Waals surface area contributed by atoms with Crippen LogP contribution in [0, 0.1) is 23.7 Å². The third kappa shape index (κ3) is 2.82. The molecule has 1 saturated carbocycles. The zero-order valence-electron chi connectivity index (χ0n) is 13.4. The molecule has 0 bridgehead atoms. The molecule has 1 aliphatic heterocycles. The highest BCUT2D eigenvalue weighted by Crippen LogP contribution is 2.49. The molecule has 1 N–H and O–H groups in total. The fourth-order valence-electron chi connectivity index (χ4n) is 3.84. The first-order valence-electron chi connectivity index (χ1n) is 8.20. The highest BCUT2D eigenvalue weighted by molar-refractivity contribution is 5.76. The number of benzene rings is 1. The number of carbonyl (C=O) groups excluding carboxylic acids is 1. The van der Waals surface area contributed by atoms with Gasteiger partial charge < -0.3 is 10.1 Å². The molecular formula is C19H25NO2. The van der Waals surface area contributed by atoms with Gasteiger partial charge in [0.05, 0.1) is 12.5 Å². The van der Waals surface area contributed by atoms with Crippen LogP contribution in [-0.4, -0.2) is 19.1 Å². The van der Waals surface area contributed by atoms with Crippen molar-refractivity contribution in [2.45, 2.75) is 26.3 Å². The zero-order chi connectivity index (χ0) is 15.7. The van der Waals surface area contributed by atoms with Crippen molar-refractivity contribution in [3.05, 3.63) is 48.0 Å². The van der Waals surface area contributed by atoms with Gasteiger partial charge in [0.2, 0.25) is 0 Å². The average molecular weight is 299 g/mol. The molecule has 1 aromatic rings. The molecule has 1 saturated heterocycles. The van der Waals surface area contributed by atoms with Crippen molar-refractivity contribution in [3.63, 3.8) is 0 Å². The highest BCUT2D eigenvalue weighted by Gasteiger charge is 2.50. The van der Waals surface area contributed by atoms with Crippen molar-refractivity contribution in [2.75, 3.05) is 13.2 Å². The molecular weight excluding hydrogens is 274 g/mol. The normalized spacial score (nSPS) is 28.8. The summed E-state index contributed by atoms with van der Waals surface area (Å²) in [5.74, 6) is 1.11. The van der Waals surface area contributed by atoms with Crippen LogP contribution in [-0.2, 0) is 9.53 Å². The summed E-state index contributed by atoms with van der Waals surface area (Å²) in [5, 5.41) is 3.71. The Balaban J connectivity index is 1.88. The van der Waals surface area contributed by atoms with E-state index in [1.165, 1.54) is 11.1 Å². The van der Waals surface area contributed by atoms with E-state index in [1.54, 1.807) is 0 Å². The van der Waals surface area contributed by atoms with Crippen molar-refractivity contribution in [3.8, 4) is 0 Å². The van der Waals surface area contributed by atoms with E-state index in [-0.39, 0.29) is 29.8 Å². The average Bonchev–Trinajstić information content (AvgIpc) is 3.01. The molecule has 3 heteroatoms. The van der Waals surface area contributed by atoms with Gasteiger partial charge >= 0.3 is 5.97 Å². The maximum Gasteiger partial charge on any atom is 0.309 e. The van der Waals surface area contributed by atoms with Crippen molar-refractivity contribution < 1.29 is 9.53 Å². The number of rotatable bonds is 5. The summed E-state index contributed by atoms with van der Waals surface area (Å²) >= 11 is 0. The van der Waals surface area contributed by atoms with Crippen LogP contribution in [0.5, 0.6) is 0 Å². The number of carbonyl (C=O) groups is 1. The molecule has 3 rings (SSSR count). The lowest BCUT2D eigenvalue weighted by atomic mass is 9.82. The second-order valence-corrected chi connectivity index (χ2v) is 6.98. The minimum Gasteiger partial charge on any atom is -0.465 e. The van der Waals surface area contributed by atoms with Crippen LogP contribution in [0.25, 0.3) is 0 Å². The van der Waals surface area contributed by atoms with Crippen LogP contribution in [0.4, 0.5) is 0 Å². The first kappa shape index (κ1) is 15.3. The van der Waals surface area contributed by atoms with Crippen LogP contribution in [0.15, 0.2) is 42.5 Å². The third-order valence-corrected chi connectivity index (χ3v) is 4.92. The molecule has 0 amide bonds. The van der Waals surface area contributed by atoms with Gasteiger partial charge in [-0.15, -0.1) is 0 Å². The van der Waals surface area contributed by atoms with Gasteiger partial charge in [-0.3, -0.25) is 4.79 Å². The monoisotopic (exact) mass is 299 g/mol. The summed E-state index contributed by atoms with van der Waals surface area (Å²) in [6.45, 7) is 10.2. The van der Waals surface area contributed by atoms with Crippen molar-refractivity contribution >= 4 is 5.97 Å². The second kappa shape index (κ2) is 6.25. The number of cyclic esters (lactones) is 1. The maximum absolute atomic E-state index is 11.9. The smallest absolute Gasteiger partial charge is 0.309 e. The van der Waals surface area contributed by atoms with Gasteiger partial charge in [-0.2, -0.15) is 0 Å². The molecule has 2 fully saturated rings. The van der Waals surface area contributed by atoms with Crippen molar-refractivity contribution in [1.29, 1.82) is 0 Å². The molecule has 1 heterocycles. The largest absolute Gasteiger partial charge is 0.465 e. The Labute approximate surface area is 132 Å². The molecule has 0 aromatic heterocycles. The quantitative estimate of drug-likeness (QED) is 0.669. The van der Waals surface area contributed by atoms with Gasteiger partial charge in [0.15, 0.2) is 0 Å². The molecule has 3 nitrogen and oxygen atoms in total. The molecule has 1 aromatic carbocycles. The molecule has 2 aliphatic rings. The Morgan fingerprint density at radius 2 is 2.05 bits per heavy atom. The van der Waals surface area contributed by atoms with Crippen LogP contribution in [0.3, 0.4) is 0 Å². The van der Waals surface area contributed by atoms with Gasteiger partial charge in [-0.1, -0.05) is 56.3 Å². The van der Waals surface area contributed by atoms with E-state index < -0.39 is 0 Å². The number of hydrogen-bond acceptors (Lipinski definition) is 3. The summed E-state index contributed by atoms with van der Waals surface area (Å²) in [5.41, 5.74) is 2.46. The fourth-order valence-corrected chi connectivity index (χ4v) is 3.84. The Kier molecular flexibility index (Phi) is 4.34. The molecule has 4 unspecified atom stereocenters. The SMILES string of the molecule is C=C1CC2C(=O)OCC2C1C(NCC(C)C)c1ccccc1.